The number of amides is 2. The molecule has 0 aromatic heterocycles. The van der Waals surface area contributed by atoms with Crippen molar-refractivity contribution < 1.29 is 19.2 Å². The lowest BCUT2D eigenvalue weighted by Gasteiger charge is -2.33. The molecule has 1 unspecified atom stereocenters. The van der Waals surface area contributed by atoms with Crippen LogP contribution >= 0.6 is 0 Å². The molecule has 0 saturated heterocycles. The van der Waals surface area contributed by atoms with Crippen LogP contribution in [0.3, 0.4) is 0 Å². The summed E-state index contributed by atoms with van der Waals surface area (Å²) in [5.41, 5.74) is 1.81. The molecule has 1 aliphatic rings. The van der Waals surface area contributed by atoms with Crippen LogP contribution in [0.4, 0.5) is 17.1 Å². The minimum atomic E-state index is -0.731. The van der Waals surface area contributed by atoms with Crippen molar-refractivity contribution in [3.8, 4) is 5.75 Å². The topological polar surface area (TPSA) is 102 Å². The molecular formula is C20H21N3O5. The fourth-order valence-electron chi connectivity index (χ4n) is 3.02. The van der Waals surface area contributed by atoms with E-state index in [1.54, 1.807) is 19.1 Å². The van der Waals surface area contributed by atoms with Crippen molar-refractivity contribution in [3.05, 3.63) is 58.1 Å². The average Bonchev–Trinajstić information content (AvgIpc) is 2.70. The molecule has 28 heavy (non-hydrogen) atoms. The summed E-state index contributed by atoms with van der Waals surface area (Å²) in [5, 5.41) is 13.8. The van der Waals surface area contributed by atoms with Crippen LogP contribution in [0.5, 0.6) is 5.75 Å². The molecule has 8 nitrogen and oxygen atoms in total. The second kappa shape index (κ2) is 8.08. The number of fused-ring (bicyclic) bond motifs is 1. The molecule has 0 spiro atoms. The van der Waals surface area contributed by atoms with Gasteiger partial charge in [-0.05, 0) is 36.6 Å². The van der Waals surface area contributed by atoms with Crippen LogP contribution in [0.1, 0.15) is 25.8 Å². The molecule has 8 heteroatoms. The summed E-state index contributed by atoms with van der Waals surface area (Å²) in [6.07, 6.45) is 0.585. The van der Waals surface area contributed by atoms with Gasteiger partial charge in [0.2, 0.25) is 5.91 Å². The highest BCUT2D eigenvalue weighted by atomic mass is 16.6. The quantitative estimate of drug-likeness (QED) is 0.609. The van der Waals surface area contributed by atoms with Gasteiger partial charge in [0.05, 0.1) is 10.6 Å². The maximum Gasteiger partial charge on any atom is 0.271 e. The van der Waals surface area contributed by atoms with E-state index in [0.717, 1.165) is 12.0 Å². The number of nitrogens with one attached hydrogen (secondary N) is 1. The number of rotatable bonds is 6. The summed E-state index contributed by atoms with van der Waals surface area (Å²) in [4.78, 5) is 37.0. The molecule has 0 radical (unpaired) electrons. The molecule has 2 aromatic rings. The second-order valence-electron chi connectivity index (χ2n) is 6.45. The lowest BCUT2D eigenvalue weighted by molar-refractivity contribution is -0.384. The van der Waals surface area contributed by atoms with Crippen LogP contribution in [-0.4, -0.2) is 29.4 Å². The Bertz CT molecular complexity index is 911. The molecule has 146 valence electrons. The molecule has 1 atom stereocenters. The Morgan fingerprint density at radius 3 is 2.54 bits per heavy atom. The van der Waals surface area contributed by atoms with Gasteiger partial charge in [0.25, 0.3) is 11.6 Å². The van der Waals surface area contributed by atoms with Crippen molar-refractivity contribution in [3.63, 3.8) is 0 Å². The van der Waals surface area contributed by atoms with Gasteiger partial charge in [-0.3, -0.25) is 24.6 Å². The monoisotopic (exact) mass is 383 g/mol. The van der Waals surface area contributed by atoms with Crippen LogP contribution in [0.15, 0.2) is 42.5 Å². The maximum atomic E-state index is 12.7. The van der Waals surface area contributed by atoms with Crippen LogP contribution in [-0.2, 0) is 16.0 Å². The van der Waals surface area contributed by atoms with E-state index in [1.165, 1.54) is 23.1 Å². The third kappa shape index (κ3) is 3.95. The largest absolute Gasteiger partial charge is 0.478 e. The Morgan fingerprint density at radius 2 is 1.93 bits per heavy atom. The van der Waals surface area contributed by atoms with Crippen molar-refractivity contribution in [2.24, 2.45) is 0 Å². The van der Waals surface area contributed by atoms with E-state index in [0.29, 0.717) is 17.9 Å². The number of anilines is 2. The Hall–Kier alpha value is -3.42. The van der Waals surface area contributed by atoms with Crippen molar-refractivity contribution >= 4 is 28.9 Å². The molecule has 2 aromatic carbocycles. The number of benzene rings is 2. The van der Waals surface area contributed by atoms with E-state index in [9.17, 15) is 19.7 Å². The van der Waals surface area contributed by atoms with E-state index in [2.05, 4.69) is 5.32 Å². The zero-order valence-corrected chi connectivity index (χ0v) is 15.7. The number of ether oxygens (including phenoxy) is 1. The Balaban J connectivity index is 1.84. The second-order valence-corrected chi connectivity index (χ2v) is 6.45. The van der Waals surface area contributed by atoms with Gasteiger partial charge in [-0.15, -0.1) is 0 Å². The number of nitro groups is 1. The molecule has 1 aliphatic heterocycles. The summed E-state index contributed by atoms with van der Waals surface area (Å²) in [5.74, 6) is -0.448. The number of nitro benzene ring substituents is 1. The first-order valence-corrected chi connectivity index (χ1v) is 9.08. The Labute approximate surface area is 162 Å². The van der Waals surface area contributed by atoms with Gasteiger partial charge in [-0.25, -0.2) is 0 Å². The van der Waals surface area contributed by atoms with E-state index < -0.39 is 22.8 Å². The summed E-state index contributed by atoms with van der Waals surface area (Å²) in [6.45, 7) is 3.58. The zero-order valence-electron chi connectivity index (χ0n) is 15.7. The van der Waals surface area contributed by atoms with Gasteiger partial charge in [0, 0.05) is 17.8 Å². The van der Waals surface area contributed by atoms with Gasteiger partial charge in [-0.1, -0.05) is 26.0 Å². The zero-order chi connectivity index (χ0) is 20.3. The average molecular weight is 383 g/mol. The van der Waals surface area contributed by atoms with E-state index >= 15 is 0 Å². The molecule has 1 heterocycles. The predicted octanol–water partition coefficient (Wildman–Crippen LogP) is 3.30. The highest BCUT2D eigenvalue weighted by molar-refractivity contribution is 6.06. The summed E-state index contributed by atoms with van der Waals surface area (Å²) < 4.78 is 5.64. The maximum absolute atomic E-state index is 12.7. The molecule has 0 saturated carbocycles. The highest BCUT2D eigenvalue weighted by Gasteiger charge is 2.35. The van der Waals surface area contributed by atoms with Crippen LogP contribution in [0.25, 0.3) is 0 Å². The molecule has 2 amide bonds. The smallest absolute Gasteiger partial charge is 0.271 e. The third-order valence-electron chi connectivity index (χ3n) is 4.57. The van der Waals surface area contributed by atoms with Crippen LogP contribution < -0.4 is 15.0 Å². The lowest BCUT2D eigenvalue weighted by Crippen LogP contribution is -2.48. The molecule has 0 aliphatic carbocycles. The highest BCUT2D eigenvalue weighted by Crippen LogP contribution is 2.37. The summed E-state index contributed by atoms with van der Waals surface area (Å²) >= 11 is 0. The summed E-state index contributed by atoms with van der Waals surface area (Å²) in [6, 6.07) is 11.5. The number of hydrogen-bond acceptors (Lipinski definition) is 5. The van der Waals surface area contributed by atoms with E-state index in [4.69, 9.17) is 4.74 Å². The minimum absolute atomic E-state index is 0.175. The fourth-order valence-corrected chi connectivity index (χ4v) is 3.02. The van der Waals surface area contributed by atoms with Gasteiger partial charge >= 0.3 is 0 Å². The number of non-ortho nitro benzene ring substituents is 1. The number of aryl methyl sites for hydroxylation is 1. The number of hydrogen-bond donors (Lipinski definition) is 1. The first-order valence-electron chi connectivity index (χ1n) is 9.08. The van der Waals surface area contributed by atoms with E-state index in [-0.39, 0.29) is 17.9 Å². The SMILES string of the molecule is CCc1ccc(NC(=O)CN2C(=O)C(CC)Oc3ccc([N+](=O)[O-])cc32)cc1. The van der Waals surface area contributed by atoms with Crippen molar-refractivity contribution in [2.45, 2.75) is 32.8 Å². The van der Waals surface area contributed by atoms with Crippen LogP contribution in [0.2, 0.25) is 0 Å². The Morgan fingerprint density at radius 1 is 1.21 bits per heavy atom. The lowest BCUT2D eigenvalue weighted by atomic mass is 10.1. The van der Waals surface area contributed by atoms with Crippen LogP contribution in [0, 0.1) is 10.1 Å². The molecule has 3 rings (SSSR count). The van der Waals surface area contributed by atoms with Gasteiger partial charge < -0.3 is 10.1 Å². The standard InChI is InChI=1S/C20H21N3O5/c1-3-13-5-7-14(8-6-13)21-19(24)12-22-16-11-15(23(26)27)9-10-18(16)28-17(4-2)20(22)25/h5-11,17H,3-4,12H2,1-2H3,(H,21,24). The molecule has 0 fully saturated rings. The van der Waals surface area contributed by atoms with Crippen molar-refractivity contribution in [1.29, 1.82) is 0 Å². The molecule has 1 N–H and O–H groups in total. The first kappa shape index (κ1) is 19.3. The van der Waals surface area contributed by atoms with Gasteiger partial charge in [0.1, 0.15) is 12.3 Å². The van der Waals surface area contributed by atoms with Gasteiger partial charge in [0.15, 0.2) is 6.10 Å². The molecular weight excluding hydrogens is 362 g/mol. The minimum Gasteiger partial charge on any atom is -0.478 e. The Kier molecular flexibility index (Phi) is 5.58. The predicted molar refractivity (Wildman–Crippen MR) is 105 cm³/mol. The van der Waals surface area contributed by atoms with E-state index in [1.807, 2.05) is 19.1 Å². The normalized spacial score (nSPS) is 15.6. The fraction of sp³-hybridized carbons (Fsp3) is 0.300. The number of carbonyl (C=O) groups is 2. The van der Waals surface area contributed by atoms with Crippen molar-refractivity contribution in [1.82, 2.24) is 0 Å². The number of carbonyl (C=O) groups excluding carboxylic acids is 2. The number of nitrogens with zero attached hydrogens (tertiary/aromatic N) is 2. The first-order chi connectivity index (χ1) is 13.4. The summed E-state index contributed by atoms with van der Waals surface area (Å²) in [7, 11) is 0. The van der Waals surface area contributed by atoms with Gasteiger partial charge in [-0.2, -0.15) is 0 Å². The van der Waals surface area contributed by atoms with Crippen molar-refractivity contribution in [2.75, 3.05) is 16.8 Å². The third-order valence-corrected chi connectivity index (χ3v) is 4.57. The molecule has 0 bridgehead atoms.